The Balaban J connectivity index is 1.17. The summed E-state index contributed by atoms with van der Waals surface area (Å²) in [7, 11) is 0. The molecule has 0 amide bonds. The maximum Gasteiger partial charge on any atom is 0.306 e. The van der Waals surface area contributed by atoms with Crippen LogP contribution in [0.15, 0.2) is 47.5 Å². The number of ether oxygens (including phenoxy) is 1. The normalized spacial score (nSPS) is 12.4. The zero-order valence-corrected chi connectivity index (χ0v) is 27.1. The Hall–Kier alpha value is -2.70. The molecule has 0 radical (unpaired) electrons. The number of benzene rings is 2. The predicted molar refractivity (Wildman–Crippen MR) is 177 cm³/mol. The van der Waals surface area contributed by atoms with Crippen molar-refractivity contribution in [3.63, 3.8) is 0 Å². The van der Waals surface area contributed by atoms with Gasteiger partial charge in [0.25, 0.3) is 0 Å². The van der Waals surface area contributed by atoms with Crippen LogP contribution in [-0.2, 0) is 22.7 Å². The van der Waals surface area contributed by atoms with E-state index < -0.39 is 0 Å². The second kappa shape index (κ2) is 18.2. The fraction of sp³-hybridized carbons (Fsp3) is 0.543. The summed E-state index contributed by atoms with van der Waals surface area (Å²) in [5, 5.41) is 9.89. The number of aliphatic imine (C=N–C) groups is 1. The van der Waals surface area contributed by atoms with Crippen molar-refractivity contribution in [3.8, 4) is 5.69 Å². The molecule has 1 aromatic heterocycles. The minimum Gasteiger partial charge on any atom is -0.457 e. The molecule has 43 heavy (non-hydrogen) atoms. The number of rotatable bonds is 19. The van der Waals surface area contributed by atoms with Crippen LogP contribution in [0.1, 0.15) is 132 Å². The molecule has 0 bridgehead atoms. The van der Waals surface area contributed by atoms with Gasteiger partial charge >= 0.3 is 5.97 Å². The van der Waals surface area contributed by atoms with Crippen molar-refractivity contribution in [2.24, 2.45) is 4.99 Å². The average molecular weight is 626 g/mol. The van der Waals surface area contributed by atoms with Crippen LogP contribution in [0.5, 0.6) is 0 Å². The number of carbonyl (C=O) groups excluding carboxylic acids is 1. The molecular formula is C35H46Cl2N4O2. The van der Waals surface area contributed by atoms with E-state index in [0.717, 1.165) is 35.4 Å². The first-order valence-electron chi connectivity index (χ1n) is 16.3. The van der Waals surface area contributed by atoms with Crippen LogP contribution in [0.3, 0.4) is 0 Å². The molecule has 2 aromatic carbocycles. The van der Waals surface area contributed by atoms with E-state index in [1.165, 1.54) is 83.5 Å². The van der Waals surface area contributed by atoms with Gasteiger partial charge in [0.05, 0.1) is 11.4 Å². The lowest BCUT2D eigenvalue weighted by molar-refractivity contribution is -0.145. The summed E-state index contributed by atoms with van der Waals surface area (Å²) in [5.74, 6) is 1.02. The standard InChI is InChI=1S/C35H46Cl2N4O2/c1-2-3-4-5-6-7-8-9-10-11-12-13-14-15-16-21-34(42)43-26-33-40-39-32-25-38-35(28-19-17-18-20-30(28)37)29-24-27(36)22-23-31(29)41(32)33/h17-20,22-24H,2-16,21,25-26H2,1H3. The van der Waals surface area contributed by atoms with Crippen molar-refractivity contribution in [2.45, 2.75) is 123 Å². The summed E-state index contributed by atoms with van der Waals surface area (Å²) in [6.07, 6.45) is 19.9. The first kappa shape index (κ1) is 33.2. The van der Waals surface area contributed by atoms with Crippen molar-refractivity contribution in [1.82, 2.24) is 14.8 Å². The number of aromatic nitrogens is 3. The molecule has 232 valence electrons. The molecule has 0 unspecified atom stereocenters. The molecule has 3 aromatic rings. The van der Waals surface area contributed by atoms with E-state index in [1.807, 2.05) is 47.0 Å². The first-order chi connectivity index (χ1) is 21.1. The van der Waals surface area contributed by atoms with E-state index in [1.54, 1.807) is 0 Å². The van der Waals surface area contributed by atoms with Crippen LogP contribution in [-0.4, -0.2) is 26.4 Å². The predicted octanol–water partition coefficient (Wildman–Crippen LogP) is 10.2. The number of hydrogen-bond acceptors (Lipinski definition) is 5. The van der Waals surface area contributed by atoms with Crippen LogP contribution in [0.2, 0.25) is 10.0 Å². The van der Waals surface area contributed by atoms with E-state index >= 15 is 0 Å². The highest BCUT2D eigenvalue weighted by Crippen LogP contribution is 2.30. The van der Waals surface area contributed by atoms with E-state index in [2.05, 4.69) is 17.1 Å². The number of esters is 1. The summed E-state index contributed by atoms with van der Waals surface area (Å²) >= 11 is 12.9. The van der Waals surface area contributed by atoms with Gasteiger partial charge in [-0.3, -0.25) is 14.4 Å². The first-order valence-corrected chi connectivity index (χ1v) is 17.0. The lowest BCUT2D eigenvalue weighted by Gasteiger charge is -2.14. The smallest absolute Gasteiger partial charge is 0.306 e. The van der Waals surface area contributed by atoms with Crippen LogP contribution in [0.4, 0.5) is 0 Å². The highest BCUT2D eigenvalue weighted by molar-refractivity contribution is 6.36. The van der Waals surface area contributed by atoms with Gasteiger partial charge in [0.15, 0.2) is 18.3 Å². The number of nitrogens with zero attached hydrogens (tertiary/aromatic N) is 4. The van der Waals surface area contributed by atoms with Crippen LogP contribution >= 0.6 is 23.2 Å². The Bertz CT molecular complexity index is 1340. The van der Waals surface area contributed by atoms with Gasteiger partial charge in [0.2, 0.25) is 0 Å². The SMILES string of the molecule is CCCCCCCCCCCCCCCCCC(=O)OCc1nnc2n1-c1ccc(Cl)cc1C(c1ccccc1Cl)=NC2. The summed E-state index contributed by atoms with van der Waals surface area (Å²) < 4.78 is 7.55. The number of carbonyl (C=O) groups is 1. The van der Waals surface area contributed by atoms with Crippen LogP contribution < -0.4 is 0 Å². The Kier molecular flexibility index (Phi) is 14.0. The van der Waals surface area contributed by atoms with E-state index in [0.29, 0.717) is 34.7 Å². The Labute approximate surface area is 267 Å². The summed E-state index contributed by atoms with van der Waals surface area (Å²) in [4.78, 5) is 17.4. The molecular weight excluding hydrogens is 579 g/mol. The summed E-state index contributed by atoms with van der Waals surface area (Å²) in [6, 6.07) is 13.2. The lowest BCUT2D eigenvalue weighted by Crippen LogP contribution is -2.12. The van der Waals surface area contributed by atoms with Gasteiger partial charge in [0.1, 0.15) is 6.54 Å². The third-order valence-corrected chi connectivity index (χ3v) is 8.67. The Morgan fingerprint density at radius 2 is 1.42 bits per heavy atom. The van der Waals surface area contributed by atoms with Crippen LogP contribution in [0, 0.1) is 0 Å². The topological polar surface area (TPSA) is 69.4 Å². The number of halogens is 2. The molecule has 0 spiro atoms. The quantitative estimate of drug-likeness (QED) is 0.0982. The van der Waals surface area contributed by atoms with E-state index in [4.69, 9.17) is 32.9 Å². The molecule has 0 saturated heterocycles. The number of unbranched alkanes of at least 4 members (excludes halogenated alkanes) is 14. The molecule has 0 saturated carbocycles. The van der Waals surface area contributed by atoms with Crippen LogP contribution in [0.25, 0.3) is 5.69 Å². The second-order valence-corrected chi connectivity index (χ2v) is 12.4. The maximum atomic E-state index is 12.5. The van der Waals surface area contributed by atoms with Crippen molar-refractivity contribution < 1.29 is 9.53 Å². The largest absolute Gasteiger partial charge is 0.457 e. The highest BCUT2D eigenvalue weighted by atomic mass is 35.5. The van der Waals surface area contributed by atoms with Gasteiger partial charge in [-0.2, -0.15) is 0 Å². The summed E-state index contributed by atoms with van der Waals surface area (Å²) in [5.41, 5.74) is 3.21. The van der Waals surface area contributed by atoms with Gasteiger partial charge in [-0.15, -0.1) is 10.2 Å². The fourth-order valence-corrected chi connectivity index (χ4v) is 6.09. The molecule has 0 N–H and O–H groups in total. The van der Waals surface area contributed by atoms with Gasteiger partial charge in [-0.05, 0) is 30.7 Å². The van der Waals surface area contributed by atoms with Gasteiger partial charge in [-0.25, -0.2) is 0 Å². The molecule has 0 aliphatic carbocycles. The zero-order chi connectivity index (χ0) is 30.3. The monoisotopic (exact) mass is 624 g/mol. The zero-order valence-electron chi connectivity index (χ0n) is 25.6. The Morgan fingerprint density at radius 3 is 2.07 bits per heavy atom. The lowest BCUT2D eigenvalue weighted by atomic mass is 10.0. The van der Waals surface area contributed by atoms with Gasteiger partial charge in [0, 0.05) is 27.6 Å². The fourth-order valence-electron chi connectivity index (χ4n) is 5.70. The van der Waals surface area contributed by atoms with Crippen molar-refractivity contribution in [1.29, 1.82) is 0 Å². The number of hydrogen-bond donors (Lipinski definition) is 0. The Morgan fingerprint density at radius 1 is 0.791 bits per heavy atom. The molecule has 0 atom stereocenters. The molecule has 6 nitrogen and oxygen atoms in total. The molecule has 4 rings (SSSR count). The minimum absolute atomic E-state index is 0.0497. The van der Waals surface area contributed by atoms with E-state index in [-0.39, 0.29) is 12.6 Å². The van der Waals surface area contributed by atoms with E-state index in [9.17, 15) is 4.79 Å². The molecule has 8 heteroatoms. The third kappa shape index (κ3) is 10.2. The average Bonchev–Trinajstić information content (AvgIpc) is 3.34. The minimum atomic E-state index is -0.204. The van der Waals surface area contributed by atoms with Gasteiger partial charge in [-0.1, -0.05) is 138 Å². The number of fused-ring (bicyclic) bond motifs is 3. The highest BCUT2D eigenvalue weighted by Gasteiger charge is 2.24. The van der Waals surface area contributed by atoms with Gasteiger partial charge < -0.3 is 4.74 Å². The summed E-state index contributed by atoms with van der Waals surface area (Å²) in [6.45, 7) is 2.63. The van der Waals surface area contributed by atoms with Crippen molar-refractivity contribution in [2.75, 3.05) is 0 Å². The molecule has 1 aliphatic rings. The van der Waals surface area contributed by atoms with Crippen molar-refractivity contribution in [3.05, 3.63) is 75.3 Å². The molecule has 1 aliphatic heterocycles. The third-order valence-electron chi connectivity index (χ3n) is 8.11. The molecule has 0 fully saturated rings. The van der Waals surface area contributed by atoms with Crippen molar-refractivity contribution >= 4 is 34.9 Å². The molecule has 2 heterocycles. The maximum absolute atomic E-state index is 12.5. The second-order valence-electron chi connectivity index (χ2n) is 11.5.